The monoisotopic (exact) mass is 394 g/mol. The Morgan fingerprint density at radius 3 is 2.23 bits per heavy atom. The third-order valence-corrected chi connectivity index (χ3v) is 4.98. The van der Waals surface area contributed by atoms with Crippen LogP contribution in [0.15, 0.2) is 36.5 Å². The molecule has 0 bridgehead atoms. The molecule has 2 heterocycles. The summed E-state index contributed by atoms with van der Waals surface area (Å²) >= 11 is 5.88. The van der Waals surface area contributed by atoms with E-state index >= 15 is 0 Å². The zero-order valence-electron chi connectivity index (χ0n) is 14.9. The molecule has 1 aromatic carbocycles. The zero-order chi connectivity index (χ0) is 17.8. The van der Waals surface area contributed by atoms with Crippen molar-refractivity contribution in [2.75, 3.05) is 19.6 Å². The molecule has 3 rings (SSSR count). The summed E-state index contributed by atoms with van der Waals surface area (Å²) in [5.74, 6) is -0.0272. The van der Waals surface area contributed by atoms with Crippen LogP contribution in [0.4, 0.5) is 0 Å². The van der Waals surface area contributed by atoms with Gasteiger partial charge in [0.15, 0.2) is 5.78 Å². The van der Waals surface area contributed by atoms with E-state index < -0.39 is 0 Å². The number of likely N-dealkylation sites (tertiary alicyclic amines) is 1. The fourth-order valence-electron chi connectivity index (χ4n) is 3.28. The first-order chi connectivity index (χ1) is 12.0. The number of aromatic nitrogens is 1. The summed E-state index contributed by atoms with van der Waals surface area (Å²) in [4.78, 5) is 27.5. The Morgan fingerprint density at radius 1 is 1.00 bits per heavy atom. The molecule has 1 aromatic heterocycles. The van der Waals surface area contributed by atoms with Gasteiger partial charge in [0.1, 0.15) is 0 Å². The topological polar surface area (TPSA) is 42.3 Å². The van der Waals surface area contributed by atoms with Crippen LogP contribution >= 0.6 is 24.0 Å². The number of nitrogens with zero attached hydrogens (tertiary/aromatic N) is 2. The lowest BCUT2D eigenvalue weighted by molar-refractivity contribution is 0.0933. The third-order valence-electron chi connectivity index (χ3n) is 4.73. The fourth-order valence-corrected chi connectivity index (χ4v) is 3.41. The Bertz CT molecular complexity index is 761. The molecule has 0 radical (unpaired) electrons. The maximum absolute atomic E-state index is 12.7. The molecule has 140 valence electrons. The van der Waals surface area contributed by atoms with Crippen LogP contribution in [0, 0.1) is 0 Å². The number of halogens is 2. The molecule has 1 saturated heterocycles. The van der Waals surface area contributed by atoms with Gasteiger partial charge in [0, 0.05) is 29.4 Å². The summed E-state index contributed by atoms with van der Waals surface area (Å²) in [7, 11) is 1.80. The van der Waals surface area contributed by atoms with Crippen LogP contribution in [-0.2, 0) is 7.05 Å². The summed E-state index contributed by atoms with van der Waals surface area (Å²) in [5.41, 5.74) is 1.68. The minimum Gasteiger partial charge on any atom is -0.347 e. The molecule has 4 nitrogen and oxygen atoms in total. The van der Waals surface area contributed by atoms with E-state index in [1.54, 1.807) is 48.1 Å². The average molecular weight is 395 g/mol. The van der Waals surface area contributed by atoms with E-state index in [0.29, 0.717) is 28.4 Å². The van der Waals surface area contributed by atoms with E-state index in [2.05, 4.69) is 4.90 Å². The molecule has 0 unspecified atom stereocenters. The first kappa shape index (κ1) is 20.7. The summed E-state index contributed by atoms with van der Waals surface area (Å²) in [5, 5.41) is 0.594. The maximum Gasteiger partial charge on any atom is 0.209 e. The Labute approximate surface area is 165 Å². The maximum atomic E-state index is 12.7. The van der Waals surface area contributed by atoms with Crippen LogP contribution in [-0.4, -0.2) is 40.7 Å². The molecular weight excluding hydrogens is 371 g/mol. The van der Waals surface area contributed by atoms with E-state index in [-0.39, 0.29) is 24.0 Å². The number of ketones is 2. The minimum absolute atomic E-state index is 0. The van der Waals surface area contributed by atoms with E-state index in [1.807, 2.05) is 0 Å². The average Bonchev–Trinajstić information content (AvgIpc) is 2.81. The SMILES string of the molecule is Cl.Cn1cc(C(=O)CN2CCCCCC2)cc1C(=O)c1ccc(Cl)cc1. The number of hydrogen-bond acceptors (Lipinski definition) is 3. The molecule has 0 aliphatic carbocycles. The predicted octanol–water partition coefficient (Wildman–Crippen LogP) is 4.39. The lowest BCUT2D eigenvalue weighted by atomic mass is 10.1. The van der Waals surface area contributed by atoms with Crippen LogP contribution in [0.1, 0.15) is 52.1 Å². The van der Waals surface area contributed by atoms with Crippen molar-refractivity contribution in [3.05, 3.63) is 58.4 Å². The number of benzene rings is 1. The molecule has 0 saturated carbocycles. The zero-order valence-corrected chi connectivity index (χ0v) is 16.5. The van der Waals surface area contributed by atoms with E-state index in [0.717, 1.165) is 25.9 Å². The molecule has 1 fully saturated rings. The lowest BCUT2D eigenvalue weighted by Crippen LogP contribution is -2.30. The quantitative estimate of drug-likeness (QED) is 0.706. The molecule has 0 atom stereocenters. The van der Waals surface area contributed by atoms with Gasteiger partial charge in [0.25, 0.3) is 0 Å². The van der Waals surface area contributed by atoms with Crippen molar-refractivity contribution in [2.24, 2.45) is 7.05 Å². The highest BCUT2D eigenvalue weighted by Gasteiger charge is 2.19. The molecule has 26 heavy (non-hydrogen) atoms. The number of carbonyl (C=O) groups excluding carboxylic acids is 2. The number of hydrogen-bond donors (Lipinski definition) is 0. The Hall–Kier alpha value is -1.62. The highest BCUT2D eigenvalue weighted by molar-refractivity contribution is 6.30. The van der Waals surface area contributed by atoms with Crippen LogP contribution in [0.2, 0.25) is 5.02 Å². The highest BCUT2D eigenvalue weighted by Crippen LogP contribution is 2.17. The fraction of sp³-hybridized carbons (Fsp3) is 0.400. The molecule has 0 N–H and O–H groups in total. The standard InChI is InChI=1S/C20H23ClN2O2.ClH/c1-22-13-16(19(24)14-23-10-4-2-3-5-11-23)12-18(22)20(25)15-6-8-17(21)9-7-15;/h6-9,12-13H,2-5,10-11,14H2,1H3;1H. The van der Waals surface area contributed by atoms with Crippen molar-refractivity contribution in [1.29, 1.82) is 0 Å². The normalized spacial score (nSPS) is 15.2. The minimum atomic E-state index is -0.104. The second kappa shape index (κ2) is 9.36. The van der Waals surface area contributed by atoms with Crippen LogP contribution in [0.25, 0.3) is 0 Å². The first-order valence-corrected chi connectivity index (χ1v) is 9.14. The van der Waals surface area contributed by atoms with E-state index in [9.17, 15) is 9.59 Å². The Morgan fingerprint density at radius 2 is 1.62 bits per heavy atom. The van der Waals surface area contributed by atoms with Crippen LogP contribution in [0.5, 0.6) is 0 Å². The number of rotatable bonds is 5. The van der Waals surface area contributed by atoms with Crippen molar-refractivity contribution in [2.45, 2.75) is 25.7 Å². The second-order valence-electron chi connectivity index (χ2n) is 6.67. The summed E-state index contributed by atoms with van der Waals surface area (Å²) in [6.45, 7) is 2.39. The summed E-state index contributed by atoms with van der Waals surface area (Å²) < 4.78 is 1.73. The molecule has 1 aliphatic rings. The van der Waals surface area contributed by atoms with Crippen LogP contribution < -0.4 is 0 Å². The van der Waals surface area contributed by atoms with Crippen molar-refractivity contribution in [1.82, 2.24) is 9.47 Å². The first-order valence-electron chi connectivity index (χ1n) is 8.77. The van der Waals surface area contributed by atoms with Gasteiger partial charge in [0.05, 0.1) is 12.2 Å². The summed E-state index contributed by atoms with van der Waals surface area (Å²) in [6, 6.07) is 8.51. The smallest absolute Gasteiger partial charge is 0.209 e. The molecule has 1 aliphatic heterocycles. The largest absolute Gasteiger partial charge is 0.347 e. The van der Waals surface area contributed by atoms with Gasteiger partial charge in [-0.05, 0) is 56.3 Å². The molecular formula is C20H24Cl2N2O2. The number of Topliss-reactive ketones (excluding diaryl/α,β-unsaturated/α-hetero) is 1. The second-order valence-corrected chi connectivity index (χ2v) is 7.11. The molecule has 0 spiro atoms. The van der Waals surface area contributed by atoms with Crippen molar-refractivity contribution in [3.63, 3.8) is 0 Å². The van der Waals surface area contributed by atoms with Crippen molar-refractivity contribution in [3.8, 4) is 0 Å². The Kier molecular flexibility index (Phi) is 7.44. The predicted molar refractivity (Wildman–Crippen MR) is 107 cm³/mol. The third kappa shape index (κ3) is 4.97. The van der Waals surface area contributed by atoms with Gasteiger partial charge in [-0.3, -0.25) is 14.5 Å². The summed E-state index contributed by atoms with van der Waals surface area (Å²) in [6.07, 6.45) is 6.56. The lowest BCUT2D eigenvalue weighted by Gasteiger charge is -2.18. The van der Waals surface area contributed by atoms with Gasteiger partial charge in [-0.1, -0.05) is 24.4 Å². The van der Waals surface area contributed by atoms with Gasteiger partial charge >= 0.3 is 0 Å². The van der Waals surface area contributed by atoms with Gasteiger partial charge in [-0.2, -0.15) is 0 Å². The van der Waals surface area contributed by atoms with Gasteiger partial charge in [-0.25, -0.2) is 0 Å². The van der Waals surface area contributed by atoms with E-state index in [1.165, 1.54) is 12.8 Å². The number of carbonyl (C=O) groups is 2. The van der Waals surface area contributed by atoms with Gasteiger partial charge < -0.3 is 4.57 Å². The molecule has 0 amide bonds. The Balaban J connectivity index is 0.00000243. The van der Waals surface area contributed by atoms with Gasteiger partial charge in [-0.15, -0.1) is 12.4 Å². The van der Waals surface area contributed by atoms with Crippen LogP contribution in [0.3, 0.4) is 0 Å². The van der Waals surface area contributed by atoms with E-state index in [4.69, 9.17) is 11.6 Å². The van der Waals surface area contributed by atoms with Crippen molar-refractivity contribution >= 4 is 35.6 Å². The highest BCUT2D eigenvalue weighted by atomic mass is 35.5. The molecule has 6 heteroatoms. The number of aryl methyl sites for hydroxylation is 1. The van der Waals surface area contributed by atoms with Crippen molar-refractivity contribution < 1.29 is 9.59 Å². The van der Waals surface area contributed by atoms with Gasteiger partial charge in [0.2, 0.25) is 5.78 Å². The molecule has 2 aromatic rings.